The largest absolute Gasteiger partial charge is 0.353 e. The van der Waals surface area contributed by atoms with E-state index in [1.54, 1.807) is 20.0 Å². The minimum absolute atomic E-state index is 1.16. The molecular formula is C7H18O4P2. The van der Waals surface area contributed by atoms with Crippen LogP contribution < -0.4 is 0 Å². The molecule has 0 heterocycles. The number of hydrogen-bond donors (Lipinski definition) is 0. The highest BCUT2D eigenvalue weighted by Crippen LogP contribution is 2.46. The van der Waals surface area contributed by atoms with Crippen LogP contribution in [0.5, 0.6) is 0 Å². The standard InChI is InChI=1S/C4H9O3P.C3H9OP/c1-4-8(5,6-2)7-3;1-5(2,3)4/h4H,1H2,2-3H3;1-3H3. The van der Waals surface area contributed by atoms with Crippen LogP contribution in [0, 0.1) is 0 Å². The summed E-state index contributed by atoms with van der Waals surface area (Å²) in [5.74, 6) is 1.16. The maximum atomic E-state index is 10.8. The Labute approximate surface area is 80.2 Å². The van der Waals surface area contributed by atoms with E-state index < -0.39 is 14.7 Å². The molecule has 0 rings (SSSR count). The molecule has 0 aromatic carbocycles. The minimum Gasteiger partial charge on any atom is -0.324 e. The minimum atomic E-state index is -2.90. The second-order valence-corrected chi connectivity index (χ2v) is 8.93. The lowest BCUT2D eigenvalue weighted by Crippen LogP contribution is -1.81. The average molecular weight is 228 g/mol. The Morgan fingerprint density at radius 2 is 1.31 bits per heavy atom. The Morgan fingerprint density at radius 1 is 1.08 bits per heavy atom. The van der Waals surface area contributed by atoms with Crippen LogP contribution in [0.4, 0.5) is 0 Å². The molecule has 0 bridgehead atoms. The Kier molecular flexibility index (Phi) is 7.86. The molecule has 0 saturated carbocycles. The van der Waals surface area contributed by atoms with Crippen molar-refractivity contribution in [1.82, 2.24) is 0 Å². The highest BCUT2D eigenvalue weighted by molar-refractivity contribution is 7.61. The predicted molar refractivity (Wildman–Crippen MR) is 57.2 cm³/mol. The van der Waals surface area contributed by atoms with Crippen molar-refractivity contribution < 1.29 is 18.2 Å². The first-order chi connectivity index (χ1) is 5.68. The van der Waals surface area contributed by atoms with Gasteiger partial charge in [-0.15, -0.1) is 0 Å². The molecule has 13 heavy (non-hydrogen) atoms. The van der Waals surface area contributed by atoms with Crippen LogP contribution in [0.25, 0.3) is 0 Å². The lowest BCUT2D eigenvalue weighted by molar-refractivity contribution is 0.286. The number of hydrogen-bond acceptors (Lipinski definition) is 4. The Hall–Kier alpha value is 0.120. The SMILES string of the molecule is C=CP(=O)(OC)OC.CP(C)(C)=O. The first-order valence-corrected chi connectivity index (χ1v) is 8.22. The Bertz CT molecular complexity index is 214. The van der Waals surface area contributed by atoms with E-state index in [4.69, 9.17) is 0 Å². The van der Waals surface area contributed by atoms with Crippen LogP contribution in [0.2, 0.25) is 0 Å². The second kappa shape index (κ2) is 6.56. The lowest BCUT2D eigenvalue weighted by Gasteiger charge is -2.05. The van der Waals surface area contributed by atoms with Crippen molar-refractivity contribution in [2.24, 2.45) is 0 Å². The predicted octanol–water partition coefficient (Wildman–Crippen LogP) is 2.85. The summed E-state index contributed by atoms with van der Waals surface area (Å²) in [6, 6.07) is 0. The van der Waals surface area contributed by atoms with Crippen molar-refractivity contribution in [3.63, 3.8) is 0 Å². The van der Waals surface area contributed by atoms with E-state index >= 15 is 0 Å². The van der Waals surface area contributed by atoms with Crippen molar-refractivity contribution in [3.8, 4) is 0 Å². The van der Waals surface area contributed by atoms with Gasteiger partial charge in [0.1, 0.15) is 0 Å². The molecule has 0 unspecified atom stereocenters. The molecule has 0 aromatic rings. The molecule has 0 spiro atoms. The van der Waals surface area contributed by atoms with Gasteiger partial charge in [-0.2, -0.15) is 0 Å². The molecule has 0 saturated heterocycles. The third-order valence-electron chi connectivity index (χ3n) is 0.733. The normalized spacial score (nSPS) is 11.5. The molecule has 0 fully saturated rings. The Balaban J connectivity index is 0. The van der Waals surface area contributed by atoms with Crippen LogP contribution in [-0.4, -0.2) is 34.2 Å². The molecule has 0 aliphatic rings. The summed E-state index contributed by atoms with van der Waals surface area (Å²) >= 11 is 0. The zero-order chi connectivity index (χ0) is 11.1. The van der Waals surface area contributed by atoms with Crippen molar-refractivity contribution in [2.45, 2.75) is 0 Å². The van der Waals surface area contributed by atoms with Crippen LogP contribution in [0.15, 0.2) is 12.4 Å². The summed E-state index contributed by atoms with van der Waals surface area (Å²) in [4.78, 5) is 0. The molecule has 6 heteroatoms. The van der Waals surface area contributed by atoms with Gasteiger partial charge in [-0.25, -0.2) is 0 Å². The summed E-state index contributed by atoms with van der Waals surface area (Å²) in [5, 5.41) is 0. The highest BCUT2D eigenvalue weighted by Gasteiger charge is 2.13. The smallest absolute Gasteiger partial charge is 0.324 e. The van der Waals surface area contributed by atoms with E-state index in [0.717, 1.165) is 5.82 Å². The van der Waals surface area contributed by atoms with Crippen LogP contribution in [0.3, 0.4) is 0 Å². The summed E-state index contributed by atoms with van der Waals surface area (Å²) in [6.45, 7) is 8.49. The van der Waals surface area contributed by atoms with Crippen LogP contribution >= 0.6 is 14.7 Å². The van der Waals surface area contributed by atoms with E-state index in [0.29, 0.717) is 0 Å². The van der Waals surface area contributed by atoms with Crippen molar-refractivity contribution >= 4 is 14.7 Å². The average Bonchev–Trinajstić information content (AvgIpc) is 2.00. The van der Waals surface area contributed by atoms with Gasteiger partial charge >= 0.3 is 7.60 Å². The monoisotopic (exact) mass is 228 g/mol. The fourth-order valence-electron chi connectivity index (χ4n) is 0.224. The number of rotatable bonds is 3. The van der Waals surface area contributed by atoms with Crippen molar-refractivity contribution in [2.75, 3.05) is 34.2 Å². The summed E-state index contributed by atoms with van der Waals surface area (Å²) in [5.41, 5.74) is 0. The molecule has 0 N–H and O–H groups in total. The van der Waals surface area contributed by atoms with E-state index in [2.05, 4.69) is 15.6 Å². The van der Waals surface area contributed by atoms with Gasteiger partial charge in [0.15, 0.2) is 0 Å². The van der Waals surface area contributed by atoms with E-state index in [1.807, 2.05) is 0 Å². The fraction of sp³-hybridized carbons (Fsp3) is 0.714. The van der Waals surface area contributed by atoms with Crippen molar-refractivity contribution in [3.05, 3.63) is 12.4 Å². The second-order valence-electron chi connectivity index (χ2n) is 2.98. The molecule has 0 radical (unpaired) electrons. The van der Waals surface area contributed by atoms with E-state index in [9.17, 15) is 9.13 Å². The van der Waals surface area contributed by atoms with Crippen LogP contribution in [0.1, 0.15) is 0 Å². The molecule has 0 amide bonds. The van der Waals surface area contributed by atoms with Gasteiger partial charge in [0.25, 0.3) is 0 Å². The zero-order valence-corrected chi connectivity index (χ0v) is 10.6. The molecule has 0 atom stereocenters. The maximum Gasteiger partial charge on any atom is 0.353 e. The van der Waals surface area contributed by atoms with E-state index in [-0.39, 0.29) is 0 Å². The zero-order valence-electron chi connectivity index (χ0n) is 8.81. The van der Waals surface area contributed by atoms with Gasteiger partial charge in [0, 0.05) is 20.0 Å². The fourth-order valence-corrected chi connectivity index (χ4v) is 0.671. The summed E-state index contributed by atoms with van der Waals surface area (Å²) < 4.78 is 29.9. The van der Waals surface area contributed by atoms with Gasteiger partial charge in [0.05, 0.1) is 7.14 Å². The van der Waals surface area contributed by atoms with Crippen molar-refractivity contribution in [1.29, 1.82) is 0 Å². The lowest BCUT2D eigenvalue weighted by atomic mass is 11.3. The topological polar surface area (TPSA) is 52.6 Å². The van der Waals surface area contributed by atoms with E-state index in [1.165, 1.54) is 14.2 Å². The quantitative estimate of drug-likeness (QED) is 0.697. The first kappa shape index (κ1) is 15.6. The molecule has 4 nitrogen and oxygen atoms in total. The first-order valence-electron chi connectivity index (χ1n) is 3.55. The molecule has 0 aliphatic carbocycles. The molecule has 0 aliphatic heterocycles. The third-order valence-corrected chi connectivity index (χ3v) is 2.20. The van der Waals surface area contributed by atoms with Gasteiger partial charge in [-0.05, 0) is 20.0 Å². The Morgan fingerprint density at radius 3 is 1.31 bits per heavy atom. The molecular weight excluding hydrogens is 210 g/mol. The molecule has 80 valence electrons. The van der Waals surface area contributed by atoms with Crippen LogP contribution in [-0.2, 0) is 18.2 Å². The van der Waals surface area contributed by atoms with Gasteiger partial charge in [0.2, 0.25) is 0 Å². The summed E-state index contributed by atoms with van der Waals surface area (Å²) in [7, 11) is -1.91. The third kappa shape index (κ3) is 14.9. The highest BCUT2D eigenvalue weighted by atomic mass is 31.2. The maximum absolute atomic E-state index is 10.8. The van der Waals surface area contributed by atoms with Gasteiger partial charge in [-0.1, -0.05) is 6.58 Å². The van der Waals surface area contributed by atoms with Gasteiger partial charge in [-0.3, -0.25) is 4.57 Å². The molecule has 0 aromatic heterocycles. The van der Waals surface area contributed by atoms with Gasteiger partial charge < -0.3 is 13.6 Å². The summed E-state index contributed by atoms with van der Waals surface area (Å²) in [6.07, 6.45) is 0.